The number of alkyl halides is 3. The lowest BCUT2D eigenvalue weighted by atomic mass is 10.3. The average molecular weight is 462 g/mol. The molecule has 2 aromatic heterocycles. The normalized spacial score (nSPS) is 12.1. The van der Waals surface area contributed by atoms with E-state index in [4.69, 9.17) is 4.74 Å². The standard InChI is InChI=1S/C16H19BrF3N5OSi/c1-27(2,3)8-7-26-10-25-15(11(9-21)14(17)24-25)23-13-6-4-5-12(22-13)16(18,19)20/h4-6H,7-8,10H2,1-3H3,(H,22,23). The maximum absolute atomic E-state index is 12.9. The lowest BCUT2D eigenvalue weighted by Crippen LogP contribution is -2.22. The molecule has 0 amide bonds. The number of hydrogen-bond donors (Lipinski definition) is 1. The fraction of sp³-hybridized carbons (Fsp3) is 0.438. The highest BCUT2D eigenvalue weighted by Crippen LogP contribution is 2.30. The highest BCUT2D eigenvalue weighted by molar-refractivity contribution is 9.10. The molecule has 0 aliphatic rings. The molecule has 2 rings (SSSR count). The van der Waals surface area contributed by atoms with Gasteiger partial charge in [0.1, 0.15) is 34.5 Å². The minimum atomic E-state index is -4.56. The van der Waals surface area contributed by atoms with Crippen molar-refractivity contribution >= 4 is 35.6 Å². The van der Waals surface area contributed by atoms with Gasteiger partial charge in [0.15, 0.2) is 5.82 Å². The van der Waals surface area contributed by atoms with Crippen molar-refractivity contribution in [1.29, 1.82) is 5.26 Å². The Hall–Kier alpha value is -1.90. The number of rotatable bonds is 7. The number of nitriles is 1. The number of nitrogens with one attached hydrogen (secondary N) is 1. The Balaban J connectivity index is 2.22. The molecule has 0 spiro atoms. The summed E-state index contributed by atoms with van der Waals surface area (Å²) in [5, 5.41) is 16.3. The summed E-state index contributed by atoms with van der Waals surface area (Å²) in [5.41, 5.74) is -0.870. The molecule has 6 nitrogen and oxygen atoms in total. The number of anilines is 2. The van der Waals surface area contributed by atoms with Crippen LogP contribution in [-0.2, 0) is 17.6 Å². The van der Waals surface area contributed by atoms with Crippen molar-refractivity contribution in [3.63, 3.8) is 0 Å². The van der Waals surface area contributed by atoms with Crippen LogP contribution in [0.4, 0.5) is 24.8 Å². The van der Waals surface area contributed by atoms with E-state index in [1.165, 1.54) is 16.8 Å². The largest absolute Gasteiger partial charge is 0.433 e. The van der Waals surface area contributed by atoms with Gasteiger partial charge >= 0.3 is 6.18 Å². The molecule has 0 fully saturated rings. The first-order chi connectivity index (χ1) is 12.5. The maximum Gasteiger partial charge on any atom is 0.433 e. The van der Waals surface area contributed by atoms with E-state index < -0.39 is 19.9 Å². The molecule has 146 valence electrons. The maximum atomic E-state index is 12.9. The third kappa shape index (κ3) is 6.05. The summed E-state index contributed by atoms with van der Waals surface area (Å²) in [6.45, 7) is 7.27. The van der Waals surface area contributed by atoms with Crippen molar-refractivity contribution in [2.75, 3.05) is 11.9 Å². The second kappa shape index (κ2) is 8.41. The van der Waals surface area contributed by atoms with E-state index >= 15 is 0 Å². The quantitative estimate of drug-likeness (QED) is 0.464. The number of nitrogens with zero attached hydrogens (tertiary/aromatic N) is 4. The lowest BCUT2D eigenvalue weighted by Gasteiger charge is -2.16. The number of pyridine rings is 1. The molecule has 27 heavy (non-hydrogen) atoms. The molecular weight excluding hydrogens is 443 g/mol. The van der Waals surface area contributed by atoms with Gasteiger partial charge in [-0.2, -0.15) is 23.5 Å². The van der Waals surface area contributed by atoms with Gasteiger partial charge in [-0.15, -0.1) is 0 Å². The molecule has 0 atom stereocenters. The molecule has 1 N–H and O–H groups in total. The van der Waals surface area contributed by atoms with Gasteiger partial charge < -0.3 is 10.1 Å². The Labute approximate surface area is 164 Å². The molecule has 0 bridgehead atoms. The smallest absolute Gasteiger partial charge is 0.359 e. The van der Waals surface area contributed by atoms with Gasteiger partial charge in [-0.1, -0.05) is 25.7 Å². The lowest BCUT2D eigenvalue weighted by molar-refractivity contribution is -0.141. The summed E-state index contributed by atoms with van der Waals surface area (Å²) in [6, 6.07) is 6.43. The van der Waals surface area contributed by atoms with Crippen LogP contribution in [0.2, 0.25) is 25.7 Å². The van der Waals surface area contributed by atoms with Gasteiger partial charge in [-0.05, 0) is 34.1 Å². The molecule has 0 unspecified atom stereocenters. The van der Waals surface area contributed by atoms with E-state index in [-0.39, 0.29) is 28.5 Å². The van der Waals surface area contributed by atoms with Crippen molar-refractivity contribution in [2.24, 2.45) is 0 Å². The van der Waals surface area contributed by atoms with Crippen LogP contribution < -0.4 is 5.32 Å². The van der Waals surface area contributed by atoms with Crippen LogP contribution in [0.3, 0.4) is 0 Å². The number of hydrogen-bond acceptors (Lipinski definition) is 5. The van der Waals surface area contributed by atoms with Gasteiger partial charge in [0.25, 0.3) is 0 Å². The van der Waals surface area contributed by atoms with E-state index in [1.54, 1.807) is 0 Å². The molecule has 0 saturated heterocycles. The van der Waals surface area contributed by atoms with E-state index in [1.807, 2.05) is 6.07 Å². The third-order valence-electron chi connectivity index (χ3n) is 3.52. The van der Waals surface area contributed by atoms with Gasteiger partial charge in [-0.3, -0.25) is 0 Å². The van der Waals surface area contributed by atoms with Crippen LogP contribution in [0.5, 0.6) is 0 Å². The van der Waals surface area contributed by atoms with Crippen molar-refractivity contribution in [3.8, 4) is 6.07 Å². The first kappa shape index (κ1) is 21.4. The van der Waals surface area contributed by atoms with Gasteiger partial charge in [0.2, 0.25) is 0 Å². The second-order valence-electron chi connectivity index (χ2n) is 7.00. The third-order valence-corrected chi connectivity index (χ3v) is 5.78. The van der Waals surface area contributed by atoms with Crippen LogP contribution in [0.1, 0.15) is 11.3 Å². The van der Waals surface area contributed by atoms with Crippen LogP contribution in [0.25, 0.3) is 0 Å². The molecule has 11 heteroatoms. The molecular formula is C16H19BrF3N5OSi. The fourth-order valence-corrected chi connectivity index (χ4v) is 3.29. The van der Waals surface area contributed by atoms with Crippen LogP contribution in [0.15, 0.2) is 22.8 Å². The Kier molecular flexibility index (Phi) is 6.66. The first-order valence-electron chi connectivity index (χ1n) is 8.07. The zero-order valence-corrected chi connectivity index (χ0v) is 17.6. The fourth-order valence-electron chi connectivity index (χ4n) is 2.07. The summed E-state index contributed by atoms with van der Waals surface area (Å²) in [5.74, 6) is 0.168. The Morgan fingerprint density at radius 3 is 2.63 bits per heavy atom. The zero-order valence-electron chi connectivity index (χ0n) is 15.1. The Morgan fingerprint density at radius 1 is 1.33 bits per heavy atom. The molecule has 0 aromatic carbocycles. The zero-order chi connectivity index (χ0) is 20.2. The van der Waals surface area contributed by atoms with Gasteiger partial charge in [0.05, 0.1) is 0 Å². The summed E-state index contributed by atoms with van der Waals surface area (Å²) >= 11 is 3.18. The topological polar surface area (TPSA) is 75.8 Å². The van der Waals surface area contributed by atoms with Crippen molar-refractivity contribution in [2.45, 2.75) is 38.6 Å². The van der Waals surface area contributed by atoms with Crippen LogP contribution in [-0.4, -0.2) is 29.4 Å². The van der Waals surface area contributed by atoms with E-state index in [0.717, 1.165) is 12.1 Å². The summed E-state index contributed by atoms with van der Waals surface area (Å²) < 4.78 is 45.8. The molecule has 0 aliphatic carbocycles. The van der Waals surface area contributed by atoms with Gasteiger partial charge in [0, 0.05) is 14.7 Å². The average Bonchev–Trinajstić information content (AvgIpc) is 2.85. The summed E-state index contributed by atoms with van der Waals surface area (Å²) in [4.78, 5) is 3.56. The highest BCUT2D eigenvalue weighted by Gasteiger charge is 2.32. The highest BCUT2D eigenvalue weighted by atomic mass is 79.9. The Morgan fingerprint density at radius 2 is 2.04 bits per heavy atom. The van der Waals surface area contributed by atoms with Crippen molar-refractivity contribution in [1.82, 2.24) is 14.8 Å². The first-order valence-corrected chi connectivity index (χ1v) is 12.6. The number of aromatic nitrogens is 3. The van der Waals surface area contributed by atoms with Crippen LogP contribution >= 0.6 is 15.9 Å². The van der Waals surface area contributed by atoms with E-state index in [9.17, 15) is 18.4 Å². The van der Waals surface area contributed by atoms with Crippen molar-refractivity contribution in [3.05, 3.63) is 34.1 Å². The predicted octanol–water partition coefficient (Wildman–Crippen LogP) is 4.99. The second-order valence-corrected chi connectivity index (χ2v) is 13.4. The SMILES string of the molecule is C[Si](C)(C)CCOCn1nc(Br)c(C#N)c1Nc1cccc(C(F)(F)F)n1. The summed E-state index contributed by atoms with van der Waals surface area (Å²) in [7, 11) is -1.26. The van der Waals surface area contributed by atoms with E-state index in [2.05, 4.69) is 51.0 Å². The van der Waals surface area contributed by atoms with Crippen LogP contribution in [0, 0.1) is 11.3 Å². The van der Waals surface area contributed by atoms with Gasteiger partial charge in [-0.25, -0.2) is 9.67 Å². The van der Waals surface area contributed by atoms with Crippen molar-refractivity contribution < 1.29 is 17.9 Å². The Bertz CT molecular complexity index is 842. The molecule has 0 saturated carbocycles. The minimum absolute atomic E-state index is 0.0444. The number of ether oxygens (including phenoxy) is 1. The van der Waals surface area contributed by atoms with E-state index in [0.29, 0.717) is 6.61 Å². The molecule has 2 aromatic rings. The molecule has 0 aliphatic heterocycles. The summed E-state index contributed by atoms with van der Waals surface area (Å²) in [6.07, 6.45) is -4.56. The predicted molar refractivity (Wildman–Crippen MR) is 101 cm³/mol. The molecule has 2 heterocycles. The monoisotopic (exact) mass is 461 g/mol. The molecule has 0 radical (unpaired) electrons. The minimum Gasteiger partial charge on any atom is -0.359 e. The number of halogens is 4.